The van der Waals surface area contributed by atoms with Gasteiger partial charge in [0.15, 0.2) is 5.84 Å². The summed E-state index contributed by atoms with van der Waals surface area (Å²) in [6.07, 6.45) is 1.10. The largest absolute Gasteiger partial charge is 0.409 e. The fraction of sp³-hybridized carbons (Fsp3) is 0.462. The summed E-state index contributed by atoms with van der Waals surface area (Å²) in [5.74, 6) is 0.133. The molecule has 0 heterocycles. The van der Waals surface area contributed by atoms with Crippen LogP contribution in [0.2, 0.25) is 0 Å². The zero-order valence-electron chi connectivity index (χ0n) is 10.8. The molecular formula is C13H20FN3O. The number of halogens is 1. The van der Waals surface area contributed by atoms with Crippen LogP contribution < -0.4 is 11.1 Å². The van der Waals surface area contributed by atoms with Gasteiger partial charge in [-0.25, -0.2) is 4.39 Å². The molecule has 18 heavy (non-hydrogen) atoms. The van der Waals surface area contributed by atoms with Gasteiger partial charge in [-0.05, 0) is 18.5 Å². The molecule has 1 rings (SSSR count). The Morgan fingerprint density at radius 3 is 2.83 bits per heavy atom. The molecule has 5 heteroatoms. The SMILES string of the molecule is CCC(C)CNCc1ccc(C(N)=NO)cc1F. The third-order valence-electron chi connectivity index (χ3n) is 2.96. The van der Waals surface area contributed by atoms with Gasteiger partial charge in [-0.2, -0.15) is 0 Å². The summed E-state index contributed by atoms with van der Waals surface area (Å²) in [5, 5.41) is 14.5. The highest BCUT2D eigenvalue weighted by atomic mass is 19.1. The molecule has 0 aromatic heterocycles. The zero-order chi connectivity index (χ0) is 13.5. The van der Waals surface area contributed by atoms with Crippen LogP contribution in [0.15, 0.2) is 23.4 Å². The molecule has 0 aliphatic rings. The van der Waals surface area contributed by atoms with Gasteiger partial charge >= 0.3 is 0 Å². The highest BCUT2D eigenvalue weighted by Crippen LogP contribution is 2.10. The Balaban J connectivity index is 2.63. The highest BCUT2D eigenvalue weighted by Gasteiger charge is 2.06. The van der Waals surface area contributed by atoms with Crippen LogP contribution in [0.1, 0.15) is 31.4 Å². The van der Waals surface area contributed by atoms with Crippen LogP contribution in [0.25, 0.3) is 0 Å². The van der Waals surface area contributed by atoms with Crippen LogP contribution in [0.5, 0.6) is 0 Å². The third-order valence-corrected chi connectivity index (χ3v) is 2.96. The summed E-state index contributed by atoms with van der Waals surface area (Å²) >= 11 is 0. The summed E-state index contributed by atoms with van der Waals surface area (Å²) < 4.78 is 13.7. The monoisotopic (exact) mass is 253 g/mol. The average Bonchev–Trinajstić information content (AvgIpc) is 2.39. The van der Waals surface area contributed by atoms with Crippen molar-refractivity contribution in [2.75, 3.05) is 6.54 Å². The number of hydrogen-bond donors (Lipinski definition) is 3. The highest BCUT2D eigenvalue weighted by molar-refractivity contribution is 5.97. The number of rotatable bonds is 6. The van der Waals surface area contributed by atoms with E-state index in [-0.39, 0.29) is 11.7 Å². The van der Waals surface area contributed by atoms with E-state index in [0.717, 1.165) is 13.0 Å². The van der Waals surface area contributed by atoms with Gasteiger partial charge in [-0.15, -0.1) is 0 Å². The van der Waals surface area contributed by atoms with Crippen LogP contribution >= 0.6 is 0 Å². The van der Waals surface area contributed by atoms with E-state index in [0.29, 0.717) is 23.6 Å². The third kappa shape index (κ3) is 4.00. The maximum absolute atomic E-state index is 13.7. The van der Waals surface area contributed by atoms with Gasteiger partial charge in [0.2, 0.25) is 0 Å². The minimum Gasteiger partial charge on any atom is -0.409 e. The first-order chi connectivity index (χ1) is 8.58. The van der Waals surface area contributed by atoms with Crippen molar-refractivity contribution in [1.29, 1.82) is 0 Å². The predicted octanol–water partition coefficient (Wildman–Crippen LogP) is 2.06. The molecule has 0 saturated heterocycles. The summed E-state index contributed by atoms with van der Waals surface area (Å²) in [5.41, 5.74) is 6.34. The first kappa shape index (κ1) is 14.4. The number of hydrogen-bond acceptors (Lipinski definition) is 3. The number of oxime groups is 1. The first-order valence-electron chi connectivity index (χ1n) is 6.05. The molecule has 0 aliphatic heterocycles. The van der Waals surface area contributed by atoms with Crippen molar-refractivity contribution in [3.05, 3.63) is 35.1 Å². The molecule has 4 nitrogen and oxygen atoms in total. The van der Waals surface area contributed by atoms with Crippen molar-refractivity contribution in [1.82, 2.24) is 5.32 Å². The van der Waals surface area contributed by atoms with Crippen molar-refractivity contribution in [2.45, 2.75) is 26.8 Å². The summed E-state index contributed by atoms with van der Waals surface area (Å²) in [7, 11) is 0. The van der Waals surface area contributed by atoms with Gasteiger partial charge in [0.1, 0.15) is 5.82 Å². The van der Waals surface area contributed by atoms with Crippen LogP contribution in [-0.4, -0.2) is 17.6 Å². The number of nitrogens with two attached hydrogens (primary N) is 1. The molecule has 1 aromatic rings. The quantitative estimate of drug-likeness (QED) is 0.314. The Morgan fingerprint density at radius 1 is 1.56 bits per heavy atom. The molecule has 4 N–H and O–H groups in total. The first-order valence-corrected chi connectivity index (χ1v) is 6.05. The Kier molecular flexibility index (Phi) is 5.58. The van der Waals surface area contributed by atoms with E-state index in [4.69, 9.17) is 10.9 Å². The normalized spacial score (nSPS) is 13.6. The number of benzene rings is 1. The molecular weight excluding hydrogens is 233 g/mol. The van der Waals surface area contributed by atoms with E-state index in [9.17, 15) is 4.39 Å². The van der Waals surface area contributed by atoms with Crippen molar-refractivity contribution in [3.63, 3.8) is 0 Å². The fourth-order valence-corrected chi connectivity index (χ4v) is 1.51. The minimum atomic E-state index is -0.351. The van der Waals surface area contributed by atoms with E-state index >= 15 is 0 Å². The zero-order valence-corrected chi connectivity index (χ0v) is 10.8. The second-order valence-corrected chi connectivity index (χ2v) is 4.44. The predicted molar refractivity (Wildman–Crippen MR) is 70.1 cm³/mol. The lowest BCUT2D eigenvalue weighted by molar-refractivity contribution is 0.318. The summed E-state index contributed by atoms with van der Waals surface area (Å²) in [6, 6.07) is 4.56. The topological polar surface area (TPSA) is 70.6 Å². The maximum Gasteiger partial charge on any atom is 0.170 e. The lowest BCUT2D eigenvalue weighted by Crippen LogP contribution is -2.21. The molecule has 0 bridgehead atoms. The molecule has 0 saturated carbocycles. The van der Waals surface area contributed by atoms with Gasteiger partial charge in [0, 0.05) is 17.7 Å². The van der Waals surface area contributed by atoms with E-state index in [1.54, 1.807) is 12.1 Å². The van der Waals surface area contributed by atoms with Crippen LogP contribution in [0.4, 0.5) is 4.39 Å². The van der Waals surface area contributed by atoms with Crippen LogP contribution in [0.3, 0.4) is 0 Å². The second kappa shape index (κ2) is 6.96. The van der Waals surface area contributed by atoms with E-state index in [1.807, 2.05) is 0 Å². The number of amidine groups is 1. The molecule has 0 fully saturated rings. The summed E-state index contributed by atoms with van der Waals surface area (Å²) in [4.78, 5) is 0. The van der Waals surface area contributed by atoms with E-state index < -0.39 is 0 Å². The van der Waals surface area contributed by atoms with Gasteiger partial charge in [-0.1, -0.05) is 37.6 Å². The van der Waals surface area contributed by atoms with Crippen molar-refractivity contribution < 1.29 is 9.60 Å². The smallest absolute Gasteiger partial charge is 0.170 e. The van der Waals surface area contributed by atoms with E-state index in [2.05, 4.69) is 24.3 Å². The lowest BCUT2D eigenvalue weighted by atomic mass is 10.1. The molecule has 0 aliphatic carbocycles. The molecule has 1 unspecified atom stereocenters. The standard InChI is InChI=1S/C13H20FN3O/c1-3-9(2)7-16-8-11-5-4-10(6-12(11)14)13(15)17-18/h4-6,9,16,18H,3,7-8H2,1-2H3,(H2,15,17). The number of nitrogens with one attached hydrogen (secondary N) is 1. The van der Waals surface area contributed by atoms with Gasteiger partial charge < -0.3 is 16.3 Å². The molecule has 0 spiro atoms. The Morgan fingerprint density at radius 2 is 2.28 bits per heavy atom. The minimum absolute atomic E-state index is 0.0898. The number of nitrogens with zero attached hydrogens (tertiary/aromatic N) is 1. The van der Waals surface area contributed by atoms with Gasteiger partial charge in [-0.3, -0.25) is 0 Å². The lowest BCUT2D eigenvalue weighted by Gasteiger charge is -2.11. The van der Waals surface area contributed by atoms with Gasteiger partial charge in [0.05, 0.1) is 0 Å². The molecule has 0 radical (unpaired) electrons. The Hall–Kier alpha value is -1.62. The van der Waals surface area contributed by atoms with E-state index in [1.165, 1.54) is 6.07 Å². The Bertz CT molecular complexity index is 421. The average molecular weight is 253 g/mol. The summed E-state index contributed by atoms with van der Waals surface area (Å²) in [6.45, 7) is 5.61. The van der Waals surface area contributed by atoms with Crippen molar-refractivity contribution >= 4 is 5.84 Å². The van der Waals surface area contributed by atoms with Crippen LogP contribution in [0, 0.1) is 11.7 Å². The molecule has 100 valence electrons. The molecule has 0 amide bonds. The van der Waals surface area contributed by atoms with Crippen molar-refractivity contribution in [3.8, 4) is 0 Å². The van der Waals surface area contributed by atoms with Crippen molar-refractivity contribution in [2.24, 2.45) is 16.8 Å². The van der Waals surface area contributed by atoms with Crippen LogP contribution in [-0.2, 0) is 6.54 Å². The van der Waals surface area contributed by atoms with Gasteiger partial charge in [0.25, 0.3) is 0 Å². The molecule has 1 aromatic carbocycles. The maximum atomic E-state index is 13.7. The Labute approximate surface area is 107 Å². The molecule has 1 atom stereocenters. The fourth-order valence-electron chi connectivity index (χ4n) is 1.51. The second-order valence-electron chi connectivity index (χ2n) is 4.44.